The van der Waals surface area contributed by atoms with E-state index in [4.69, 9.17) is 5.73 Å². The Hall–Kier alpha value is -1.35. The summed E-state index contributed by atoms with van der Waals surface area (Å²) in [7, 11) is 0. The standard InChI is InChI=1S/C18H25NO2/c1-12-2-6-16(7-3-12)18(11-19,17(20)21)10-15-9-13-4-5-14(15)8-13/h2-3,6-7,13-15H,4-5,8-11,19H2,1H3,(H,20,21). The van der Waals surface area contributed by atoms with Crippen molar-refractivity contribution in [1.29, 1.82) is 0 Å². The van der Waals surface area contributed by atoms with Crippen LogP contribution in [0.3, 0.4) is 0 Å². The lowest BCUT2D eigenvalue weighted by Gasteiger charge is -2.34. The Balaban J connectivity index is 1.89. The summed E-state index contributed by atoms with van der Waals surface area (Å²) in [5.74, 6) is 1.33. The van der Waals surface area contributed by atoms with Gasteiger partial charge in [0.05, 0.1) is 0 Å². The van der Waals surface area contributed by atoms with Gasteiger partial charge in [0, 0.05) is 6.54 Å². The molecule has 0 amide bonds. The normalized spacial score (nSPS) is 30.3. The zero-order valence-electron chi connectivity index (χ0n) is 12.7. The maximum Gasteiger partial charge on any atom is 0.315 e. The predicted molar refractivity (Wildman–Crippen MR) is 83.1 cm³/mol. The molecule has 21 heavy (non-hydrogen) atoms. The number of rotatable bonds is 5. The van der Waals surface area contributed by atoms with Gasteiger partial charge in [-0.25, -0.2) is 0 Å². The molecule has 0 spiro atoms. The lowest BCUT2D eigenvalue weighted by atomic mass is 9.70. The zero-order valence-corrected chi connectivity index (χ0v) is 12.7. The molecular weight excluding hydrogens is 262 g/mol. The SMILES string of the molecule is Cc1ccc(C(CN)(CC2CC3CCC2C3)C(=O)O)cc1. The molecule has 0 saturated heterocycles. The molecule has 3 heteroatoms. The van der Waals surface area contributed by atoms with Gasteiger partial charge in [0.2, 0.25) is 0 Å². The Bertz CT molecular complexity index is 525. The number of benzene rings is 1. The minimum Gasteiger partial charge on any atom is -0.481 e. The Morgan fingerprint density at radius 2 is 2.00 bits per heavy atom. The largest absolute Gasteiger partial charge is 0.481 e. The van der Waals surface area contributed by atoms with Crippen LogP contribution in [0.5, 0.6) is 0 Å². The number of carboxylic acid groups (broad SMARTS) is 1. The number of hydrogen-bond donors (Lipinski definition) is 2. The second-order valence-corrected chi connectivity index (χ2v) is 7.10. The van der Waals surface area contributed by atoms with Gasteiger partial charge in [-0.05, 0) is 55.9 Å². The topological polar surface area (TPSA) is 63.3 Å². The molecule has 3 N–H and O–H groups in total. The highest BCUT2D eigenvalue weighted by atomic mass is 16.4. The summed E-state index contributed by atoms with van der Waals surface area (Å²) in [5.41, 5.74) is 7.08. The average molecular weight is 287 g/mol. The van der Waals surface area contributed by atoms with Gasteiger partial charge in [-0.1, -0.05) is 36.2 Å². The summed E-state index contributed by atoms with van der Waals surface area (Å²) >= 11 is 0. The third kappa shape index (κ3) is 2.48. The maximum atomic E-state index is 12.1. The quantitative estimate of drug-likeness (QED) is 0.874. The summed E-state index contributed by atoms with van der Waals surface area (Å²) in [4.78, 5) is 12.1. The highest BCUT2D eigenvalue weighted by Gasteiger charge is 2.47. The van der Waals surface area contributed by atoms with Crippen LogP contribution in [-0.2, 0) is 10.2 Å². The van der Waals surface area contributed by atoms with Crippen LogP contribution in [0.2, 0.25) is 0 Å². The summed E-state index contributed by atoms with van der Waals surface area (Å²) in [5, 5.41) is 9.90. The summed E-state index contributed by atoms with van der Waals surface area (Å²) in [6.45, 7) is 2.20. The Morgan fingerprint density at radius 1 is 1.29 bits per heavy atom. The van der Waals surface area contributed by atoms with E-state index in [1.807, 2.05) is 31.2 Å². The summed E-state index contributed by atoms with van der Waals surface area (Å²) in [6, 6.07) is 7.88. The van der Waals surface area contributed by atoms with Crippen LogP contribution in [0.25, 0.3) is 0 Å². The molecule has 3 rings (SSSR count). The van der Waals surface area contributed by atoms with Gasteiger partial charge in [0.25, 0.3) is 0 Å². The Kier molecular flexibility index (Phi) is 3.78. The van der Waals surface area contributed by atoms with Gasteiger partial charge in [-0.3, -0.25) is 4.79 Å². The first kappa shape index (κ1) is 14.6. The van der Waals surface area contributed by atoms with Crippen molar-refractivity contribution in [2.45, 2.75) is 44.4 Å². The van der Waals surface area contributed by atoms with E-state index in [0.717, 1.165) is 23.0 Å². The van der Waals surface area contributed by atoms with Gasteiger partial charge in [0.15, 0.2) is 0 Å². The third-order valence-electron chi connectivity index (χ3n) is 5.86. The molecule has 1 aromatic rings. The fraction of sp³-hybridized carbons (Fsp3) is 0.611. The van der Waals surface area contributed by atoms with E-state index in [1.54, 1.807) is 0 Å². The van der Waals surface area contributed by atoms with Crippen molar-refractivity contribution in [2.24, 2.45) is 23.5 Å². The van der Waals surface area contributed by atoms with Crippen molar-refractivity contribution in [3.8, 4) is 0 Å². The second-order valence-electron chi connectivity index (χ2n) is 7.10. The van der Waals surface area contributed by atoms with Crippen molar-refractivity contribution < 1.29 is 9.90 Å². The van der Waals surface area contributed by atoms with Crippen molar-refractivity contribution in [3.05, 3.63) is 35.4 Å². The smallest absolute Gasteiger partial charge is 0.315 e. The Labute approximate surface area is 126 Å². The number of aliphatic carboxylic acids is 1. The van der Waals surface area contributed by atoms with Crippen LogP contribution in [0.1, 0.15) is 43.2 Å². The lowest BCUT2D eigenvalue weighted by molar-refractivity contribution is -0.144. The molecule has 2 fully saturated rings. The number of fused-ring (bicyclic) bond motifs is 2. The highest BCUT2D eigenvalue weighted by molar-refractivity contribution is 5.81. The van der Waals surface area contributed by atoms with Gasteiger partial charge in [0.1, 0.15) is 5.41 Å². The van der Waals surface area contributed by atoms with Gasteiger partial charge < -0.3 is 10.8 Å². The van der Waals surface area contributed by atoms with E-state index in [-0.39, 0.29) is 6.54 Å². The molecule has 114 valence electrons. The zero-order chi connectivity index (χ0) is 15.0. The number of hydrogen-bond acceptors (Lipinski definition) is 2. The van der Waals surface area contributed by atoms with Gasteiger partial charge in [-0.15, -0.1) is 0 Å². The number of nitrogens with two attached hydrogens (primary N) is 1. The lowest BCUT2D eigenvalue weighted by Crippen LogP contribution is -2.45. The monoisotopic (exact) mass is 287 g/mol. The molecule has 2 bridgehead atoms. The first-order valence-electron chi connectivity index (χ1n) is 8.06. The van der Waals surface area contributed by atoms with E-state index in [0.29, 0.717) is 12.3 Å². The first-order chi connectivity index (χ1) is 10.0. The molecule has 3 nitrogen and oxygen atoms in total. The minimum absolute atomic E-state index is 0.180. The molecule has 0 heterocycles. The molecule has 4 unspecified atom stereocenters. The van der Waals surface area contributed by atoms with Crippen LogP contribution in [-0.4, -0.2) is 17.6 Å². The fourth-order valence-corrected chi connectivity index (χ4v) is 4.56. The van der Waals surface area contributed by atoms with Gasteiger partial charge >= 0.3 is 5.97 Å². The van der Waals surface area contributed by atoms with Crippen molar-refractivity contribution in [1.82, 2.24) is 0 Å². The molecule has 0 radical (unpaired) electrons. The van der Waals surface area contributed by atoms with Crippen LogP contribution < -0.4 is 5.73 Å². The van der Waals surface area contributed by atoms with E-state index < -0.39 is 11.4 Å². The van der Waals surface area contributed by atoms with E-state index in [1.165, 1.54) is 25.7 Å². The third-order valence-corrected chi connectivity index (χ3v) is 5.86. The molecule has 2 saturated carbocycles. The second kappa shape index (κ2) is 5.45. The van der Waals surface area contributed by atoms with Crippen LogP contribution in [0, 0.1) is 24.7 Å². The van der Waals surface area contributed by atoms with Crippen LogP contribution in [0.15, 0.2) is 24.3 Å². The maximum absolute atomic E-state index is 12.1. The van der Waals surface area contributed by atoms with Crippen molar-refractivity contribution >= 4 is 5.97 Å². The molecule has 0 aliphatic heterocycles. The molecule has 4 atom stereocenters. The van der Waals surface area contributed by atoms with Crippen LogP contribution in [0.4, 0.5) is 0 Å². The molecule has 0 aromatic heterocycles. The molecule has 1 aromatic carbocycles. The van der Waals surface area contributed by atoms with Crippen molar-refractivity contribution in [3.63, 3.8) is 0 Å². The summed E-state index contributed by atoms with van der Waals surface area (Å²) < 4.78 is 0. The van der Waals surface area contributed by atoms with Crippen molar-refractivity contribution in [2.75, 3.05) is 6.54 Å². The number of carboxylic acids is 1. The van der Waals surface area contributed by atoms with Crippen LogP contribution >= 0.6 is 0 Å². The first-order valence-corrected chi connectivity index (χ1v) is 8.06. The predicted octanol–water partition coefficient (Wildman–Crippen LogP) is 3.10. The molecule has 2 aliphatic rings. The van der Waals surface area contributed by atoms with E-state index in [2.05, 4.69) is 0 Å². The van der Waals surface area contributed by atoms with E-state index in [9.17, 15) is 9.90 Å². The molecular formula is C18H25NO2. The average Bonchev–Trinajstić information content (AvgIpc) is 3.08. The molecule has 2 aliphatic carbocycles. The Morgan fingerprint density at radius 3 is 2.48 bits per heavy atom. The fourth-order valence-electron chi connectivity index (χ4n) is 4.56. The summed E-state index contributed by atoms with van der Waals surface area (Å²) in [6.07, 6.45) is 5.82. The van der Waals surface area contributed by atoms with Gasteiger partial charge in [-0.2, -0.15) is 0 Å². The number of aryl methyl sites for hydroxylation is 1. The number of carbonyl (C=O) groups is 1. The van der Waals surface area contributed by atoms with E-state index >= 15 is 0 Å². The highest BCUT2D eigenvalue weighted by Crippen LogP contribution is 2.52. The minimum atomic E-state index is -0.914.